The maximum atomic E-state index is 13.1. The first-order chi connectivity index (χ1) is 16.1. The predicted octanol–water partition coefficient (Wildman–Crippen LogP) is 5.65. The molecule has 0 aliphatic rings. The van der Waals surface area contributed by atoms with Crippen LogP contribution in [0.25, 0.3) is 31.7 Å². The van der Waals surface area contributed by atoms with Gasteiger partial charge in [-0.25, -0.2) is 4.98 Å². The Morgan fingerprint density at radius 3 is 2.52 bits per heavy atom. The molecular formula is C26H21N3O3S. The molecule has 0 spiro atoms. The lowest BCUT2D eigenvalue weighted by molar-refractivity contribution is 0.102. The minimum absolute atomic E-state index is 0.252. The van der Waals surface area contributed by atoms with Crippen molar-refractivity contribution in [3.63, 3.8) is 0 Å². The van der Waals surface area contributed by atoms with Crippen LogP contribution >= 0.6 is 11.3 Å². The molecule has 0 saturated carbocycles. The standard InChI is InChI=1S/C26H21N3O3S/c1-2-15-29-20-9-5-3-7-18(20)23(30)22(26(29)32)24(31)27-17-13-11-16(12-14-17)25-28-19-8-4-6-10-21(19)33-25/h3-14,30H,2,15H2,1H3,(H,27,31). The number of carbonyl (C=O) groups excluding carboxylic acids is 1. The number of nitrogens with one attached hydrogen (secondary N) is 1. The Kier molecular flexibility index (Phi) is 5.40. The van der Waals surface area contributed by atoms with E-state index in [1.165, 1.54) is 0 Å². The molecule has 0 unspecified atom stereocenters. The van der Waals surface area contributed by atoms with Crippen molar-refractivity contribution in [2.75, 3.05) is 5.32 Å². The molecule has 7 heteroatoms. The third kappa shape index (κ3) is 3.76. The lowest BCUT2D eigenvalue weighted by Gasteiger charge is -2.14. The number of amides is 1. The van der Waals surface area contributed by atoms with E-state index in [-0.39, 0.29) is 11.3 Å². The van der Waals surface area contributed by atoms with Crippen LogP contribution in [0.5, 0.6) is 5.75 Å². The summed E-state index contributed by atoms with van der Waals surface area (Å²) in [6, 6.07) is 22.3. The number of hydrogen-bond donors (Lipinski definition) is 2. The molecule has 2 N–H and O–H groups in total. The summed E-state index contributed by atoms with van der Waals surface area (Å²) in [4.78, 5) is 30.8. The second kappa shape index (κ2) is 8.52. The summed E-state index contributed by atoms with van der Waals surface area (Å²) in [5.41, 5.74) is 2.27. The summed E-state index contributed by atoms with van der Waals surface area (Å²) >= 11 is 1.60. The molecule has 0 radical (unpaired) electrons. The van der Waals surface area contributed by atoms with Gasteiger partial charge in [0.15, 0.2) is 0 Å². The van der Waals surface area contributed by atoms with Crippen molar-refractivity contribution in [3.05, 3.63) is 88.7 Å². The number of para-hydroxylation sites is 2. The van der Waals surface area contributed by atoms with Gasteiger partial charge in [0.05, 0.1) is 15.7 Å². The molecule has 6 nitrogen and oxygen atoms in total. The number of aromatic nitrogens is 2. The summed E-state index contributed by atoms with van der Waals surface area (Å²) in [5.74, 6) is -0.938. The van der Waals surface area contributed by atoms with Gasteiger partial charge in [-0.2, -0.15) is 0 Å². The Morgan fingerprint density at radius 2 is 1.76 bits per heavy atom. The summed E-state index contributed by atoms with van der Waals surface area (Å²) in [6.45, 7) is 2.41. The van der Waals surface area contributed by atoms with Crippen LogP contribution in [0.1, 0.15) is 23.7 Å². The van der Waals surface area contributed by atoms with Crippen LogP contribution in [-0.4, -0.2) is 20.6 Å². The van der Waals surface area contributed by atoms with Crippen LogP contribution < -0.4 is 10.9 Å². The van der Waals surface area contributed by atoms with Crippen molar-refractivity contribution < 1.29 is 9.90 Å². The monoisotopic (exact) mass is 455 g/mol. The van der Waals surface area contributed by atoms with E-state index in [1.807, 2.05) is 43.3 Å². The zero-order chi connectivity index (χ0) is 22.9. The Hall–Kier alpha value is -3.97. The van der Waals surface area contributed by atoms with Crippen molar-refractivity contribution in [2.45, 2.75) is 19.9 Å². The van der Waals surface area contributed by atoms with Gasteiger partial charge >= 0.3 is 0 Å². The summed E-state index contributed by atoms with van der Waals surface area (Å²) in [7, 11) is 0. The lowest BCUT2D eigenvalue weighted by Crippen LogP contribution is -2.29. The normalized spacial score (nSPS) is 11.2. The number of anilines is 1. The molecule has 5 aromatic rings. The van der Waals surface area contributed by atoms with Crippen LogP contribution in [0.15, 0.2) is 77.6 Å². The average Bonchev–Trinajstić information content (AvgIpc) is 3.27. The number of aromatic hydroxyl groups is 1. The van der Waals surface area contributed by atoms with E-state index in [2.05, 4.69) is 10.3 Å². The number of thiazole rings is 1. The maximum absolute atomic E-state index is 13.1. The van der Waals surface area contributed by atoms with Gasteiger partial charge in [-0.05, 0) is 55.0 Å². The van der Waals surface area contributed by atoms with Crippen molar-refractivity contribution in [1.29, 1.82) is 0 Å². The first kappa shape index (κ1) is 20.9. The smallest absolute Gasteiger partial charge is 0.267 e. The van der Waals surface area contributed by atoms with E-state index < -0.39 is 11.5 Å². The lowest BCUT2D eigenvalue weighted by atomic mass is 10.1. The summed E-state index contributed by atoms with van der Waals surface area (Å²) in [6.07, 6.45) is 0.725. The number of benzene rings is 3. The first-order valence-corrected chi connectivity index (χ1v) is 11.5. The maximum Gasteiger partial charge on any atom is 0.267 e. The van der Waals surface area contributed by atoms with Crippen LogP contribution in [0.3, 0.4) is 0 Å². The Bertz CT molecular complexity index is 1520. The highest BCUT2D eigenvalue weighted by molar-refractivity contribution is 7.21. The van der Waals surface area contributed by atoms with Crippen molar-refractivity contribution >= 4 is 44.1 Å². The second-order valence-electron chi connectivity index (χ2n) is 7.72. The van der Waals surface area contributed by atoms with Crippen LogP contribution in [0.4, 0.5) is 5.69 Å². The largest absolute Gasteiger partial charge is 0.506 e. The summed E-state index contributed by atoms with van der Waals surface area (Å²) in [5, 5.41) is 14.9. The van der Waals surface area contributed by atoms with Gasteiger partial charge < -0.3 is 15.0 Å². The molecule has 1 amide bonds. The van der Waals surface area contributed by atoms with E-state index in [1.54, 1.807) is 52.3 Å². The van der Waals surface area contributed by atoms with Gasteiger partial charge in [-0.15, -0.1) is 11.3 Å². The Morgan fingerprint density at radius 1 is 1.03 bits per heavy atom. The number of carbonyl (C=O) groups is 1. The molecular weight excluding hydrogens is 434 g/mol. The minimum atomic E-state index is -0.638. The van der Waals surface area contributed by atoms with Crippen molar-refractivity contribution in [1.82, 2.24) is 9.55 Å². The molecule has 2 heterocycles. The quantitative estimate of drug-likeness (QED) is 0.359. The molecule has 2 aromatic heterocycles. The van der Waals surface area contributed by atoms with Crippen LogP contribution in [-0.2, 0) is 6.54 Å². The highest BCUT2D eigenvalue weighted by atomic mass is 32.1. The number of hydrogen-bond acceptors (Lipinski definition) is 5. The van der Waals surface area contributed by atoms with Gasteiger partial charge in [0.25, 0.3) is 11.5 Å². The fourth-order valence-corrected chi connectivity index (χ4v) is 4.90. The number of rotatable bonds is 5. The molecule has 33 heavy (non-hydrogen) atoms. The number of fused-ring (bicyclic) bond motifs is 2. The fraction of sp³-hybridized carbons (Fsp3) is 0.115. The van der Waals surface area contributed by atoms with E-state index in [9.17, 15) is 14.7 Å². The van der Waals surface area contributed by atoms with Crippen LogP contribution in [0.2, 0.25) is 0 Å². The van der Waals surface area contributed by atoms with E-state index in [0.29, 0.717) is 23.1 Å². The second-order valence-corrected chi connectivity index (χ2v) is 8.75. The molecule has 5 rings (SSSR count). The highest BCUT2D eigenvalue weighted by Crippen LogP contribution is 2.31. The zero-order valence-corrected chi connectivity index (χ0v) is 18.7. The molecule has 0 aliphatic carbocycles. The molecule has 0 bridgehead atoms. The van der Waals surface area contributed by atoms with E-state index in [4.69, 9.17) is 0 Å². The highest BCUT2D eigenvalue weighted by Gasteiger charge is 2.22. The minimum Gasteiger partial charge on any atom is -0.506 e. The number of nitrogens with zero attached hydrogens (tertiary/aromatic N) is 2. The van der Waals surface area contributed by atoms with E-state index >= 15 is 0 Å². The van der Waals surface area contributed by atoms with Crippen LogP contribution in [0, 0.1) is 0 Å². The number of pyridine rings is 1. The Balaban J connectivity index is 1.47. The number of aryl methyl sites for hydroxylation is 1. The van der Waals surface area contributed by atoms with Gasteiger partial charge in [-0.1, -0.05) is 31.2 Å². The molecule has 0 fully saturated rings. The third-order valence-corrected chi connectivity index (χ3v) is 6.59. The van der Waals surface area contributed by atoms with Gasteiger partial charge in [-0.3, -0.25) is 9.59 Å². The topological polar surface area (TPSA) is 84.2 Å². The predicted molar refractivity (Wildman–Crippen MR) is 133 cm³/mol. The van der Waals surface area contributed by atoms with E-state index in [0.717, 1.165) is 27.2 Å². The van der Waals surface area contributed by atoms with Gasteiger partial charge in [0.1, 0.15) is 16.3 Å². The SMILES string of the molecule is CCCn1c(=O)c(C(=O)Nc2ccc(-c3nc4ccccc4s3)cc2)c(O)c2ccccc21. The third-order valence-electron chi connectivity index (χ3n) is 5.50. The molecule has 3 aromatic carbocycles. The van der Waals surface area contributed by atoms with Crippen molar-refractivity contribution in [2.24, 2.45) is 0 Å². The molecule has 0 aliphatic heterocycles. The molecule has 0 atom stereocenters. The first-order valence-electron chi connectivity index (χ1n) is 10.7. The van der Waals surface area contributed by atoms with Crippen molar-refractivity contribution in [3.8, 4) is 16.3 Å². The Labute approximate surface area is 193 Å². The summed E-state index contributed by atoms with van der Waals surface area (Å²) < 4.78 is 2.65. The fourth-order valence-electron chi connectivity index (χ4n) is 3.93. The molecule has 164 valence electrons. The van der Waals surface area contributed by atoms with Gasteiger partial charge in [0.2, 0.25) is 0 Å². The average molecular weight is 456 g/mol. The van der Waals surface area contributed by atoms with Gasteiger partial charge in [0, 0.05) is 23.2 Å². The zero-order valence-electron chi connectivity index (χ0n) is 17.9. The molecule has 0 saturated heterocycles.